The van der Waals surface area contributed by atoms with Gasteiger partial charge in [-0.1, -0.05) is 35.3 Å². The van der Waals surface area contributed by atoms with Crippen LogP contribution < -0.4 is 10.6 Å². The molecule has 0 spiro atoms. The van der Waals surface area contributed by atoms with E-state index in [1.807, 2.05) is 31.2 Å². The Kier molecular flexibility index (Phi) is 5.48. The lowest BCUT2D eigenvalue weighted by Crippen LogP contribution is -2.16. The van der Waals surface area contributed by atoms with Gasteiger partial charge in [0.15, 0.2) is 0 Å². The molecule has 2 rings (SSSR count). The first-order chi connectivity index (χ1) is 10.0. The van der Waals surface area contributed by atoms with Crippen LogP contribution in [0, 0.1) is 6.92 Å². The Morgan fingerprint density at radius 1 is 1.10 bits per heavy atom. The van der Waals surface area contributed by atoms with Gasteiger partial charge in [-0.2, -0.15) is 0 Å². The fourth-order valence-corrected chi connectivity index (χ4v) is 2.22. The van der Waals surface area contributed by atoms with Crippen LogP contribution in [0.5, 0.6) is 0 Å². The van der Waals surface area contributed by atoms with Crippen molar-refractivity contribution >= 4 is 40.5 Å². The average molecular weight is 323 g/mol. The van der Waals surface area contributed by atoms with Crippen LogP contribution in [0.1, 0.15) is 12.0 Å². The highest BCUT2D eigenvalue weighted by Gasteiger charge is 2.05. The van der Waals surface area contributed by atoms with Crippen molar-refractivity contribution in [2.45, 2.75) is 13.3 Å². The molecule has 0 unspecified atom stereocenters. The van der Waals surface area contributed by atoms with Crippen LogP contribution in [0.15, 0.2) is 42.5 Å². The van der Waals surface area contributed by atoms with E-state index in [9.17, 15) is 4.79 Å². The number of amides is 1. The third-order valence-electron chi connectivity index (χ3n) is 2.98. The highest BCUT2D eigenvalue weighted by atomic mass is 35.5. The van der Waals surface area contributed by atoms with Gasteiger partial charge < -0.3 is 10.6 Å². The van der Waals surface area contributed by atoms with Gasteiger partial charge in [0.25, 0.3) is 0 Å². The lowest BCUT2D eigenvalue weighted by atomic mass is 10.2. The summed E-state index contributed by atoms with van der Waals surface area (Å²) in [4.78, 5) is 11.9. The molecule has 5 heteroatoms. The number of aryl methyl sites for hydroxylation is 1. The Bertz CT molecular complexity index is 644. The van der Waals surface area contributed by atoms with Gasteiger partial charge in [-0.3, -0.25) is 4.79 Å². The molecule has 0 radical (unpaired) electrons. The number of anilines is 2. The molecule has 0 aromatic heterocycles. The van der Waals surface area contributed by atoms with E-state index >= 15 is 0 Å². The largest absolute Gasteiger partial charge is 0.384 e. The molecule has 0 saturated heterocycles. The van der Waals surface area contributed by atoms with Gasteiger partial charge in [-0.05, 0) is 42.8 Å². The minimum absolute atomic E-state index is 0.0603. The number of hydrogen-bond donors (Lipinski definition) is 2. The number of hydrogen-bond acceptors (Lipinski definition) is 2. The first-order valence-corrected chi connectivity index (χ1v) is 7.35. The van der Waals surface area contributed by atoms with Crippen LogP contribution in [-0.2, 0) is 4.79 Å². The summed E-state index contributed by atoms with van der Waals surface area (Å²) in [6.07, 6.45) is 0.360. The predicted molar refractivity (Wildman–Crippen MR) is 89.4 cm³/mol. The molecule has 0 heterocycles. The number of nitrogens with one attached hydrogen (secondary N) is 2. The van der Waals surface area contributed by atoms with E-state index in [-0.39, 0.29) is 5.91 Å². The van der Waals surface area contributed by atoms with Crippen molar-refractivity contribution in [1.82, 2.24) is 0 Å². The van der Waals surface area contributed by atoms with E-state index in [2.05, 4.69) is 10.6 Å². The molecule has 0 fully saturated rings. The fraction of sp³-hybridized carbons (Fsp3) is 0.188. The molecule has 0 saturated carbocycles. The summed E-state index contributed by atoms with van der Waals surface area (Å²) in [7, 11) is 0. The van der Waals surface area contributed by atoms with Crippen LogP contribution in [0.4, 0.5) is 11.4 Å². The quantitative estimate of drug-likeness (QED) is 0.834. The van der Waals surface area contributed by atoms with Crippen molar-refractivity contribution in [3.8, 4) is 0 Å². The smallest absolute Gasteiger partial charge is 0.226 e. The summed E-state index contributed by atoms with van der Waals surface area (Å²) in [6, 6.07) is 12.8. The number of halogens is 2. The Balaban J connectivity index is 1.84. The summed E-state index contributed by atoms with van der Waals surface area (Å²) >= 11 is 11.8. The molecule has 0 aliphatic rings. The number of carbonyl (C=O) groups excluding carboxylic acids is 1. The molecule has 21 heavy (non-hydrogen) atoms. The highest BCUT2D eigenvalue weighted by Crippen LogP contribution is 2.20. The predicted octanol–water partition coefficient (Wildman–Crippen LogP) is 4.74. The van der Waals surface area contributed by atoms with E-state index < -0.39 is 0 Å². The van der Waals surface area contributed by atoms with Crippen LogP contribution in [0.2, 0.25) is 10.0 Å². The third kappa shape index (κ3) is 4.96. The fourth-order valence-electron chi connectivity index (χ4n) is 1.86. The van der Waals surface area contributed by atoms with Gasteiger partial charge in [-0.15, -0.1) is 0 Å². The minimum atomic E-state index is -0.0603. The van der Waals surface area contributed by atoms with Crippen LogP contribution in [0.3, 0.4) is 0 Å². The van der Waals surface area contributed by atoms with Crippen molar-refractivity contribution in [2.24, 2.45) is 0 Å². The zero-order valence-corrected chi connectivity index (χ0v) is 13.1. The maximum atomic E-state index is 11.9. The standard InChI is InChI=1S/C16H16Cl2N2O/c1-11-5-6-13(18)10-15(11)20-16(21)7-8-19-14-4-2-3-12(17)9-14/h2-6,9-10,19H,7-8H2,1H3,(H,20,21). The van der Waals surface area contributed by atoms with E-state index in [0.29, 0.717) is 23.0 Å². The molecule has 1 amide bonds. The van der Waals surface area contributed by atoms with Crippen molar-refractivity contribution in [1.29, 1.82) is 0 Å². The zero-order chi connectivity index (χ0) is 15.2. The lowest BCUT2D eigenvalue weighted by molar-refractivity contribution is -0.115. The zero-order valence-electron chi connectivity index (χ0n) is 11.6. The molecule has 2 aromatic rings. The number of carbonyl (C=O) groups is 1. The van der Waals surface area contributed by atoms with Gasteiger partial charge >= 0.3 is 0 Å². The summed E-state index contributed by atoms with van der Waals surface area (Å²) in [5.41, 5.74) is 2.63. The second kappa shape index (κ2) is 7.34. The maximum Gasteiger partial charge on any atom is 0.226 e. The van der Waals surface area contributed by atoms with Crippen molar-refractivity contribution in [2.75, 3.05) is 17.2 Å². The van der Waals surface area contributed by atoms with Crippen molar-refractivity contribution < 1.29 is 4.79 Å². The van der Waals surface area contributed by atoms with Crippen LogP contribution in [-0.4, -0.2) is 12.5 Å². The van der Waals surface area contributed by atoms with E-state index in [1.165, 1.54) is 0 Å². The van der Waals surface area contributed by atoms with Crippen molar-refractivity contribution in [3.63, 3.8) is 0 Å². The van der Waals surface area contributed by atoms with Crippen molar-refractivity contribution in [3.05, 3.63) is 58.1 Å². The monoisotopic (exact) mass is 322 g/mol. The minimum Gasteiger partial charge on any atom is -0.384 e. The Morgan fingerprint density at radius 3 is 2.62 bits per heavy atom. The van der Waals surface area contributed by atoms with Gasteiger partial charge in [0.05, 0.1) is 0 Å². The SMILES string of the molecule is Cc1ccc(Cl)cc1NC(=O)CCNc1cccc(Cl)c1. The normalized spacial score (nSPS) is 10.2. The summed E-state index contributed by atoms with van der Waals surface area (Å²) in [6.45, 7) is 2.46. The summed E-state index contributed by atoms with van der Waals surface area (Å²) < 4.78 is 0. The number of rotatable bonds is 5. The molecular weight excluding hydrogens is 307 g/mol. The number of benzene rings is 2. The Morgan fingerprint density at radius 2 is 1.86 bits per heavy atom. The van der Waals surface area contributed by atoms with Crippen LogP contribution in [0.25, 0.3) is 0 Å². The molecular formula is C16H16Cl2N2O. The molecule has 2 aromatic carbocycles. The second-order valence-electron chi connectivity index (χ2n) is 4.69. The average Bonchev–Trinajstić information content (AvgIpc) is 2.43. The Hall–Kier alpha value is -1.71. The topological polar surface area (TPSA) is 41.1 Å². The summed E-state index contributed by atoms with van der Waals surface area (Å²) in [5, 5.41) is 7.29. The summed E-state index contributed by atoms with van der Waals surface area (Å²) in [5.74, 6) is -0.0603. The molecule has 0 aliphatic carbocycles. The second-order valence-corrected chi connectivity index (χ2v) is 5.57. The molecule has 0 aliphatic heterocycles. The maximum absolute atomic E-state index is 11.9. The third-order valence-corrected chi connectivity index (χ3v) is 3.45. The Labute approximate surface area is 134 Å². The molecule has 110 valence electrons. The highest BCUT2D eigenvalue weighted by molar-refractivity contribution is 6.31. The van der Waals surface area contributed by atoms with E-state index in [4.69, 9.17) is 23.2 Å². The van der Waals surface area contributed by atoms with E-state index in [0.717, 1.165) is 16.9 Å². The van der Waals surface area contributed by atoms with Gasteiger partial charge in [0.2, 0.25) is 5.91 Å². The molecule has 3 nitrogen and oxygen atoms in total. The van der Waals surface area contributed by atoms with Gasteiger partial charge in [0, 0.05) is 34.4 Å². The van der Waals surface area contributed by atoms with Gasteiger partial charge in [-0.25, -0.2) is 0 Å². The lowest BCUT2D eigenvalue weighted by Gasteiger charge is -2.10. The van der Waals surface area contributed by atoms with Gasteiger partial charge in [0.1, 0.15) is 0 Å². The van der Waals surface area contributed by atoms with Crippen LogP contribution >= 0.6 is 23.2 Å². The van der Waals surface area contributed by atoms with E-state index in [1.54, 1.807) is 18.2 Å². The molecule has 2 N–H and O–H groups in total. The molecule has 0 atom stereocenters. The molecule has 0 bridgehead atoms. The first-order valence-electron chi connectivity index (χ1n) is 6.60. The first kappa shape index (κ1) is 15.7.